The fourth-order valence-electron chi connectivity index (χ4n) is 0.924. The van der Waals surface area contributed by atoms with Crippen LogP contribution in [0, 0.1) is 0 Å². The maximum atomic E-state index is 11.1. The highest BCUT2D eigenvalue weighted by Gasteiger charge is 2.23. The van der Waals surface area contributed by atoms with E-state index in [1.165, 1.54) is 12.3 Å². The van der Waals surface area contributed by atoms with Gasteiger partial charge in [0.05, 0.1) is 6.26 Å². The number of ether oxygens (including phenoxy) is 1. The van der Waals surface area contributed by atoms with Crippen LogP contribution in [0.5, 0.6) is 0 Å². The van der Waals surface area contributed by atoms with E-state index >= 15 is 0 Å². The molecule has 1 fully saturated rings. The zero-order valence-corrected chi connectivity index (χ0v) is 7.26. The first-order valence-electron chi connectivity index (χ1n) is 3.54. The molecular formula is C8H5NO3S. The summed E-state index contributed by atoms with van der Waals surface area (Å²) in [6.07, 6.45) is 2.99. The van der Waals surface area contributed by atoms with E-state index in [-0.39, 0.29) is 16.8 Å². The lowest BCUT2D eigenvalue weighted by Crippen LogP contribution is -2.18. The van der Waals surface area contributed by atoms with Crippen molar-refractivity contribution in [2.75, 3.05) is 0 Å². The van der Waals surface area contributed by atoms with Gasteiger partial charge >= 0.3 is 0 Å². The van der Waals surface area contributed by atoms with Crippen LogP contribution in [0.4, 0.5) is 0 Å². The van der Waals surface area contributed by atoms with Gasteiger partial charge in [0, 0.05) is 6.08 Å². The van der Waals surface area contributed by atoms with Crippen LogP contribution in [-0.4, -0.2) is 11.1 Å². The first-order chi connectivity index (χ1) is 6.25. The molecule has 2 heterocycles. The minimum atomic E-state index is -0.346. The van der Waals surface area contributed by atoms with Gasteiger partial charge in [0.25, 0.3) is 11.1 Å². The van der Waals surface area contributed by atoms with E-state index in [4.69, 9.17) is 9.15 Å². The van der Waals surface area contributed by atoms with Crippen LogP contribution in [0.3, 0.4) is 0 Å². The maximum absolute atomic E-state index is 11.1. The molecule has 0 aromatic carbocycles. The number of rotatable bonds is 1. The molecule has 66 valence electrons. The lowest BCUT2D eigenvalue weighted by molar-refractivity contribution is -0.116. The summed E-state index contributed by atoms with van der Waals surface area (Å²) in [4.78, 5) is 11.1. The summed E-state index contributed by atoms with van der Waals surface area (Å²) in [7, 11) is 0. The molecule has 1 aromatic heterocycles. The summed E-state index contributed by atoms with van der Waals surface area (Å²) >= 11 is 4.64. The van der Waals surface area contributed by atoms with Gasteiger partial charge in [-0.15, -0.1) is 0 Å². The highest BCUT2D eigenvalue weighted by Crippen LogP contribution is 2.12. The molecule has 2 rings (SSSR count). The van der Waals surface area contributed by atoms with Crippen molar-refractivity contribution in [1.29, 1.82) is 0 Å². The second-order valence-electron chi connectivity index (χ2n) is 2.37. The number of carbonyl (C=O) groups is 1. The molecule has 0 radical (unpaired) electrons. The van der Waals surface area contributed by atoms with Gasteiger partial charge in [0.15, 0.2) is 5.76 Å². The van der Waals surface area contributed by atoms with Crippen LogP contribution in [0.2, 0.25) is 0 Å². The zero-order valence-electron chi connectivity index (χ0n) is 6.44. The Labute approximate surface area is 79.2 Å². The van der Waals surface area contributed by atoms with Crippen LogP contribution >= 0.6 is 12.2 Å². The van der Waals surface area contributed by atoms with Gasteiger partial charge in [0.1, 0.15) is 5.76 Å². The van der Waals surface area contributed by atoms with Crippen molar-refractivity contribution in [3.8, 4) is 0 Å². The lowest BCUT2D eigenvalue weighted by atomic mass is 10.3. The molecule has 1 N–H and O–H groups in total. The van der Waals surface area contributed by atoms with E-state index in [1.807, 2.05) is 0 Å². The number of thiocarbonyl (C=S) groups is 1. The third-order valence-corrected chi connectivity index (χ3v) is 1.64. The quantitative estimate of drug-likeness (QED) is 0.537. The first kappa shape index (κ1) is 8.00. The normalized spacial score (nSPS) is 18.9. The van der Waals surface area contributed by atoms with Crippen molar-refractivity contribution in [3.05, 3.63) is 29.9 Å². The van der Waals surface area contributed by atoms with Gasteiger partial charge in [-0.25, -0.2) is 0 Å². The SMILES string of the molecule is O=C1NC(=S)O/C1=C/c1ccco1. The molecular weight excluding hydrogens is 190 g/mol. The largest absolute Gasteiger partial charge is 0.465 e. The average molecular weight is 195 g/mol. The van der Waals surface area contributed by atoms with Gasteiger partial charge in [-0.1, -0.05) is 0 Å². The number of hydrogen-bond acceptors (Lipinski definition) is 4. The molecule has 0 saturated carbocycles. The molecule has 0 atom stereocenters. The molecule has 0 spiro atoms. The Balaban J connectivity index is 2.27. The van der Waals surface area contributed by atoms with E-state index in [1.54, 1.807) is 12.1 Å². The maximum Gasteiger partial charge on any atom is 0.294 e. The Morgan fingerprint density at radius 1 is 1.54 bits per heavy atom. The highest BCUT2D eigenvalue weighted by molar-refractivity contribution is 7.80. The third-order valence-electron chi connectivity index (χ3n) is 1.46. The van der Waals surface area contributed by atoms with Crippen molar-refractivity contribution >= 4 is 29.4 Å². The summed E-state index contributed by atoms with van der Waals surface area (Å²) in [5, 5.41) is 2.41. The molecule has 1 aliphatic rings. The van der Waals surface area contributed by atoms with Crippen molar-refractivity contribution in [1.82, 2.24) is 5.32 Å². The van der Waals surface area contributed by atoms with Crippen molar-refractivity contribution in [3.63, 3.8) is 0 Å². The zero-order chi connectivity index (χ0) is 9.26. The number of furan rings is 1. The van der Waals surface area contributed by atoms with Gasteiger partial charge in [-0.2, -0.15) is 0 Å². The Morgan fingerprint density at radius 3 is 2.92 bits per heavy atom. The van der Waals surface area contributed by atoms with Gasteiger partial charge < -0.3 is 9.15 Å². The number of amides is 1. The molecule has 4 nitrogen and oxygen atoms in total. The Hall–Kier alpha value is -1.62. The van der Waals surface area contributed by atoms with Crippen LogP contribution in [0.25, 0.3) is 6.08 Å². The fourth-order valence-corrected chi connectivity index (χ4v) is 1.11. The second-order valence-corrected chi connectivity index (χ2v) is 2.74. The molecule has 1 amide bonds. The summed E-state index contributed by atoms with van der Waals surface area (Å²) in [5.74, 6) is 0.358. The van der Waals surface area contributed by atoms with Crippen LogP contribution < -0.4 is 5.32 Å². The Bertz CT molecular complexity index is 380. The monoisotopic (exact) mass is 195 g/mol. The van der Waals surface area contributed by atoms with E-state index in [2.05, 4.69) is 17.5 Å². The molecule has 0 aliphatic carbocycles. The summed E-state index contributed by atoms with van der Waals surface area (Å²) < 4.78 is 9.92. The van der Waals surface area contributed by atoms with Crippen LogP contribution in [0.1, 0.15) is 5.76 Å². The van der Waals surface area contributed by atoms with Gasteiger partial charge in [0.2, 0.25) is 0 Å². The Kier molecular flexibility index (Phi) is 1.86. The smallest absolute Gasteiger partial charge is 0.294 e. The van der Waals surface area contributed by atoms with E-state index in [0.29, 0.717) is 5.76 Å². The molecule has 1 aromatic rings. The van der Waals surface area contributed by atoms with Crippen LogP contribution in [-0.2, 0) is 9.53 Å². The van der Waals surface area contributed by atoms with Crippen LogP contribution in [0.15, 0.2) is 28.6 Å². The second kappa shape index (κ2) is 3.02. The minimum Gasteiger partial charge on any atom is -0.465 e. The third kappa shape index (κ3) is 1.59. The predicted molar refractivity (Wildman–Crippen MR) is 48.5 cm³/mol. The van der Waals surface area contributed by atoms with Crippen molar-refractivity contribution < 1.29 is 13.9 Å². The summed E-state index contributed by atoms with van der Waals surface area (Å²) in [6, 6.07) is 3.43. The minimum absolute atomic E-state index is 0.0720. The van der Waals surface area contributed by atoms with Crippen molar-refractivity contribution in [2.24, 2.45) is 0 Å². The van der Waals surface area contributed by atoms with Gasteiger partial charge in [-0.3, -0.25) is 10.1 Å². The lowest BCUT2D eigenvalue weighted by Gasteiger charge is -1.90. The molecule has 5 heteroatoms. The molecule has 13 heavy (non-hydrogen) atoms. The standard InChI is InChI=1S/C8H5NO3S/c10-7-6(12-8(13)9-7)4-5-2-1-3-11-5/h1-4H,(H,9,10,13)/b6-4+. The van der Waals surface area contributed by atoms with Crippen molar-refractivity contribution in [2.45, 2.75) is 0 Å². The Morgan fingerprint density at radius 2 is 2.38 bits per heavy atom. The topological polar surface area (TPSA) is 51.5 Å². The van der Waals surface area contributed by atoms with E-state index in [9.17, 15) is 4.79 Å². The molecule has 1 saturated heterocycles. The number of hydrogen-bond donors (Lipinski definition) is 1. The molecule has 0 unspecified atom stereocenters. The first-order valence-corrected chi connectivity index (χ1v) is 3.95. The summed E-state index contributed by atoms with van der Waals surface area (Å²) in [5.41, 5.74) is 0. The van der Waals surface area contributed by atoms with E-state index < -0.39 is 0 Å². The number of carbonyl (C=O) groups excluding carboxylic acids is 1. The highest BCUT2D eigenvalue weighted by atomic mass is 32.1. The average Bonchev–Trinajstić information content (AvgIpc) is 2.63. The molecule has 0 bridgehead atoms. The predicted octanol–water partition coefficient (Wildman–Crippen LogP) is 1.05. The van der Waals surface area contributed by atoms with Gasteiger partial charge in [-0.05, 0) is 24.4 Å². The fraction of sp³-hybridized carbons (Fsp3) is 0. The van der Waals surface area contributed by atoms with E-state index in [0.717, 1.165) is 0 Å². The number of nitrogens with one attached hydrogen (secondary N) is 1. The summed E-state index contributed by atoms with van der Waals surface area (Å²) in [6.45, 7) is 0. The molecule has 1 aliphatic heterocycles.